The molecule has 118 valence electrons. The molecule has 0 saturated carbocycles. The Hall–Kier alpha value is -2.39. The predicted octanol–water partition coefficient (Wildman–Crippen LogP) is 6.08. The summed E-state index contributed by atoms with van der Waals surface area (Å²) in [5, 5.41) is 0. The molecule has 4 aromatic rings. The van der Waals surface area contributed by atoms with Gasteiger partial charge < -0.3 is 4.57 Å². The number of aromatic nitrogens is 2. The largest absolute Gasteiger partial charge is 0.317 e. The molecule has 1 atom stereocenters. The summed E-state index contributed by atoms with van der Waals surface area (Å²) in [6.07, 6.45) is 0. The van der Waals surface area contributed by atoms with Gasteiger partial charge in [0.2, 0.25) is 0 Å². The number of benzene rings is 3. The maximum Gasteiger partial charge on any atom is 0.141 e. The normalized spacial score (nSPS) is 12.4. The lowest BCUT2D eigenvalue weighted by molar-refractivity contribution is 0.665. The van der Waals surface area contributed by atoms with Gasteiger partial charge in [0.05, 0.1) is 17.1 Å². The quantitative estimate of drug-likeness (QED) is 0.423. The zero-order valence-corrected chi connectivity index (χ0v) is 14.9. The maximum atomic E-state index is 4.91. The van der Waals surface area contributed by atoms with Crippen LogP contribution in [0.4, 0.5) is 0 Å². The van der Waals surface area contributed by atoms with Crippen LogP contribution in [0.2, 0.25) is 0 Å². The summed E-state index contributed by atoms with van der Waals surface area (Å²) >= 11 is 3.51. The van der Waals surface area contributed by atoms with Crippen molar-refractivity contribution >= 4 is 27.0 Å². The van der Waals surface area contributed by atoms with E-state index in [1.54, 1.807) is 0 Å². The molecule has 1 unspecified atom stereocenters. The van der Waals surface area contributed by atoms with E-state index in [2.05, 4.69) is 100 Å². The molecule has 0 amide bonds. The predicted molar refractivity (Wildman–Crippen MR) is 103 cm³/mol. The second kappa shape index (κ2) is 6.25. The van der Waals surface area contributed by atoms with Crippen molar-refractivity contribution in [2.24, 2.45) is 0 Å². The summed E-state index contributed by atoms with van der Waals surface area (Å²) in [5.74, 6) is 1.00. The maximum absolute atomic E-state index is 4.91. The van der Waals surface area contributed by atoms with E-state index in [0.29, 0.717) is 0 Å². The molecule has 1 heterocycles. The number of nitrogens with zero attached hydrogens (tertiary/aromatic N) is 2. The van der Waals surface area contributed by atoms with Gasteiger partial charge in [-0.25, -0.2) is 4.98 Å². The molecular formula is C21H17BrN2. The van der Waals surface area contributed by atoms with Crippen molar-refractivity contribution in [1.29, 1.82) is 0 Å². The lowest BCUT2D eigenvalue weighted by Gasteiger charge is -2.18. The zero-order valence-electron chi connectivity index (χ0n) is 13.4. The van der Waals surface area contributed by atoms with Crippen molar-refractivity contribution in [2.75, 3.05) is 0 Å². The van der Waals surface area contributed by atoms with Gasteiger partial charge in [0.15, 0.2) is 0 Å². The van der Waals surface area contributed by atoms with Crippen molar-refractivity contribution in [3.63, 3.8) is 0 Å². The summed E-state index contributed by atoms with van der Waals surface area (Å²) in [7, 11) is 0. The van der Waals surface area contributed by atoms with Crippen molar-refractivity contribution in [3.8, 4) is 11.4 Å². The van der Waals surface area contributed by atoms with Gasteiger partial charge in [-0.2, -0.15) is 0 Å². The Morgan fingerprint density at radius 3 is 2.25 bits per heavy atom. The van der Waals surface area contributed by atoms with Crippen LogP contribution in [-0.2, 0) is 0 Å². The van der Waals surface area contributed by atoms with Crippen LogP contribution in [0.5, 0.6) is 0 Å². The molecule has 3 aromatic carbocycles. The average Bonchev–Trinajstić information content (AvgIpc) is 3.02. The Morgan fingerprint density at radius 1 is 0.833 bits per heavy atom. The minimum Gasteiger partial charge on any atom is -0.317 e. The van der Waals surface area contributed by atoms with E-state index < -0.39 is 0 Å². The van der Waals surface area contributed by atoms with E-state index in [1.165, 1.54) is 5.56 Å². The number of hydrogen-bond donors (Lipinski definition) is 0. The van der Waals surface area contributed by atoms with Crippen molar-refractivity contribution in [3.05, 3.63) is 88.9 Å². The molecule has 0 fully saturated rings. The number of fused-ring (bicyclic) bond motifs is 1. The lowest BCUT2D eigenvalue weighted by atomic mass is 10.1. The van der Waals surface area contributed by atoms with Crippen LogP contribution in [0, 0.1) is 0 Å². The van der Waals surface area contributed by atoms with Gasteiger partial charge in [-0.1, -0.05) is 70.5 Å². The van der Waals surface area contributed by atoms with Gasteiger partial charge in [-0.05, 0) is 36.8 Å². The molecule has 24 heavy (non-hydrogen) atoms. The highest BCUT2D eigenvalue weighted by atomic mass is 79.9. The van der Waals surface area contributed by atoms with Gasteiger partial charge in [-0.15, -0.1) is 0 Å². The van der Waals surface area contributed by atoms with Crippen LogP contribution in [0.1, 0.15) is 18.5 Å². The lowest BCUT2D eigenvalue weighted by Crippen LogP contribution is -2.08. The van der Waals surface area contributed by atoms with Gasteiger partial charge >= 0.3 is 0 Å². The molecule has 4 rings (SSSR count). The van der Waals surface area contributed by atoms with Gasteiger partial charge in [0, 0.05) is 10.0 Å². The van der Waals surface area contributed by atoms with Gasteiger partial charge in [0.25, 0.3) is 0 Å². The summed E-state index contributed by atoms with van der Waals surface area (Å²) < 4.78 is 3.40. The molecule has 0 aliphatic heterocycles. The minimum atomic E-state index is 0.206. The third-order valence-electron chi connectivity index (χ3n) is 4.37. The van der Waals surface area contributed by atoms with E-state index in [0.717, 1.165) is 26.9 Å². The van der Waals surface area contributed by atoms with Crippen LogP contribution >= 0.6 is 15.9 Å². The molecule has 0 bridgehead atoms. The van der Waals surface area contributed by atoms with Gasteiger partial charge in [-0.3, -0.25) is 0 Å². The number of imidazole rings is 1. The molecule has 0 aliphatic carbocycles. The van der Waals surface area contributed by atoms with Crippen LogP contribution in [0.15, 0.2) is 83.3 Å². The highest BCUT2D eigenvalue weighted by Crippen LogP contribution is 2.31. The van der Waals surface area contributed by atoms with Crippen molar-refractivity contribution in [1.82, 2.24) is 9.55 Å². The second-order valence-electron chi connectivity index (χ2n) is 5.89. The standard InChI is InChI=1S/C21H17BrN2/c1-15(16-7-3-2-4-8-16)24-20-10-6-5-9-19(20)23-21(24)17-11-13-18(22)14-12-17/h2-15H,1H3. The molecule has 0 saturated heterocycles. The Bertz CT molecular complexity index is 972. The van der Waals surface area contributed by atoms with Crippen LogP contribution in [0.3, 0.4) is 0 Å². The number of halogens is 1. The third-order valence-corrected chi connectivity index (χ3v) is 4.90. The Labute approximate surface area is 149 Å². The highest BCUT2D eigenvalue weighted by molar-refractivity contribution is 9.10. The molecule has 0 spiro atoms. The third kappa shape index (κ3) is 2.65. The molecular weight excluding hydrogens is 360 g/mol. The Balaban J connectivity index is 1.95. The first kappa shape index (κ1) is 15.2. The second-order valence-corrected chi connectivity index (χ2v) is 6.80. The number of para-hydroxylation sites is 2. The summed E-state index contributed by atoms with van der Waals surface area (Å²) in [4.78, 5) is 4.91. The SMILES string of the molecule is CC(c1ccccc1)n1c(-c2ccc(Br)cc2)nc2ccccc21. The Morgan fingerprint density at radius 2 is 1.50 bits per heavy atom. The summed E-state index contributed by atoms with van der Waals surface area (Å²) in [6, 6.07) is 27.5. The van der Waals surface area contributed by atoms with Crippen LogP contribution in [-0.4, -0.2) is 9.55 Å². The fourth-order valence-corrected chi connectivity index (χ4v) is 3.38. The topological polar surface area (TPSA) is 17.8 Å². The molecule has 1 aromatic heterocycles. The average molecular weight is 377 g/mol. The van der Waals surface area contributed by atoms with Crippen molar-refractivity contribution < 1.29 is 0 Å². The first-order valence-corrected chi connectivity index (χ1v) is 8.81. The molecule has 0 N–H and O–H groups in total. The fourth-order valence-electron chi connectivity index (χ4n) is 3.12. The monoisotopic (exact) mass is 376 g/mol. The fraction of sp³-hybridized carbons (Fsp3) is 0.0952. The van der Waals surface area contributed by atoms with E-state index in [-0.39, 0.29) is 6.04 Å². The van der Waals surface area contributed by atoms with Crippen LogP contribution < -0.4 is 0 Å². The van der Waals surface area contributed by atoms with E-state index in [4.69, 9.17) is 4.98 Å². The molecule has 0 aliphatic rings. The minimum absolute atomic E-state index is 0.206. The first-order chi connectivity index (χ1) is 11.7. The van der Waals surface area contributed by atoms with Crippen LogP contribution in [0.25, 0.3) is 22.4 Å². The van der Waals surface area contributed by atoms with E-state index >= 15 is 0 Å². The smallest absolute Gasteiger partial charge is 0.141 e. The summed E-state index contributed by atoms with van der Waals surface area (Å²) in [5.41, 5.74) is 4.58. The van der Waals surface area contributed by atoms with E-state index in [9.17, 15) is 0 Å². The molecule has 0 radical (unpaired) electrons. The summed E-state index contributed by atoms with van der Waals surface area (Å²) in [6.45, 7) is 2.23. The zero-order chi connectivity index (χ0) is 16.5. The molecule has 3 heteroatoms. The number of hydrogen-bond acceptors (Lipinski definition) is 1. The molecule has 2 nitrogen and oxygen atoms in total. The van der Waals surface area contributed by atoms with Gasteiger partial charge in [0.1, 0.15) is 5.82 Å². The number of rotatable bonds is 3. The van der Waals surface area contributed by atoms with E-state index in [1.807, 2.05) is 6.07 Å². The van der Waals surface area contributed by atoms with Crippen molar-refractivity contribution in [2.45, 2.75) is 13.0 Å². The first-order valence-electron chi connectivity index (χ1n) is 8.02. The highest BCUT2D eigenvalue weighted by Gasteiger charge is 2.18. The Kier molecular flexibility index (Phi) is 3.95.